The van der Waals surface area contributed by atoms with Gasteiger partial charge in [-0.2, -0.15) is 0 Å². The lowest BCUT2D eigenvalue weighted by molar-refractivity contribution is 0.0695. The molecular formula is C23H30O4. The molecule has 0 heterocycles. The van der Waals surface area contributed by atoms with Crippen molar-refractivity contribution in [3.63, 3.8) is 0 Å². The van der Waals surface area contributed by atoms with Gasteiger partial charge in [0.15, 0.2) is 11.5 Å². The Balaban J connectivity index is 3.02. The highest BCUT2D eigenvalue weighted by Gasteiger charge is 2.20. The Bertz CT molecular complexity index is 760. The highest BCUT2D eigenvalue weighted by atomic mass is 16.4. The van der Waals surface area contributed by atoms with Crippen molar-refractivity contribution in [3.8, 4) is 23.8 Å². The highest BCUT2D eigenvalue weighted by molar-refractivity contribution is 5.91. The molecule has 146 valence electrons. The Morgan fingerprint density at radius 1 is 1.15 bits per heavy atom. The first-order valence-electron chi connectivity index (χ1n) is 9.30. The van der Waals surface area contributed by atoms with Gasteiger partial charge in [-0.25, -0.2) is 4.79 Å². The Labute approximate surface area is 162 Å². The molecule has 0 amide bonds. The van der Waals surface area contributed by atoms with E-state index in [1.165, 1.54) is 11.6 Å². The van der Waals surface area contributed by atoms with E-state index in [1.807, 2.05) is 26.8 Å². The summed E-state index contributed by atoms with van der Waals surface area (Å²) in [5, 5.41) is 30.2. The number of unbranched alkanes of at least 4 members (excludes halogenated alkanes) is 2. The molecule has 0 saturated heterocycles. The SMILES string of the molecule is C#CCCCCc1cc(C(=O)O)c(C/C=C(\C)CCC=C(C)C)c(O)c1O. The molecule has 0 aliphatic heterocycles. The van der Waals surface area contributed by atoms with Crippen LogP contribution in [-0.4, -0.2) is 21.3 Å². The van der Waals surface area contributed by atoms with Gasteiger partial charge in [0.05, 0.1) is 5.56 Å². The number of carboxylic acids is 1. The number of terminal acetylenes is 1. The molecule has 0 aromatic heterocycles. The molecule has 0 saturated carbocycles. The van der Waals surface area contributed by atoms with Crippen LogP contribution in [0.3, 0.4) is 0 Å². The summed E-state index contributed by atoms with van der Waals surface area (Å²) >= 11 is 0. The van der Waals surface area contributed by atoms with Crippen LogP contribution in [0.25, 0.3) is 0 Å². The average Bonchev–Trinajstić information content (AvgIpc) is 2.60. The summed E-state index contributed by atoms with van der Waals surface area (Å²) in [6.45, 7) is 6.08. The van der Waals surface area contributed by atoms with Crippen LogP contribution in [0.15, 0.2) is 29.4 Å². The molecule has 27 heavy (non-hydrogen) atoms. The molecule has 1 rings (SSSR count). The number of hydrogen-bond acceptors (Lipinski definition) is 3. The van der Waals surface area contributed by atoms with E-state index in [0.29, 0.717) is 18.4 Å². The van der Waals surface area contributed by atoms with E-state index < -0.39 is 5.97 Å². The molecular weight excluding hydrogens is 340 g/mol. The Morgan fingerprint density at radius 3 is 2.44 bits per heavy atom. The average molecular weight is 370 g/mol. The van der Waals surface area contributed by atoms with Crippen molar-refractivity contribution in [2.75, 3.05) is 0 Å². The summed E-state index contributed by atoms with van der Waals surface area (Å²) in [4.78, 5) is 11.7. The third-order valence-electron chi connectivity index (χ3n) is 4.45. The fourth-order valence-corrected chi connectivity index (χ4v) is 2.85. The third-order valence-corrected chi connectivity index (χ3v) is 4.45. The van der Waals surface area contributed by atoms with Crippen LogP contribution >= 0.6 is 0 Å². The number of carbonyl (C=O) groups is 1. The van der Waals surface area contributed by atoms with E-state index in [1.54, 1.807) is 0 Å². The lowest BCUT2D eigenvalue weighted by Gasteiger charge is -2.13. The van der Waals surface area contributed by atoms with Crippen LogP contribution in [0.4, 0.5) is 0 Å². The minimum atomic E-state index is -1.11. The topological polar surface area (TPSA) is 77.8 Å². The number of aryl methyl sites for hydroxylation is 1. The summed E-state index contributed by atoms with van der Waals surface area (Å²) in [5.74, 6) is 0.872. The maximum Gasteiger partial charge on any atom is 0.336 e. The van der Waals surface area contributed by atoms with Gasteiger partial charge in [0.2, 0.25) is 0 Å². The second-order valence-corrected chi connectivity index (χ2v) is 7.05. The first-order chi connectivity index (χ1) is 12.8. The molecule has 4 nitrogen and oxygen atoms in total. The Morgan fingerprint density at radius 2 is 1.85 bits per heavy atom. The van der Waals surface area contributed by atoms with Crippen LogP contribution in [0.2, 0.25) is 0 Å². The first-order valence-corrected chi connectivity index (χ1v) is 9.30. The summed E-state index contributed by atoms with van der Waals surface area (Å²) in [6, 6.07) is 1.47. The number of carboxylic acid groups (broad SMARTS) is 1. The van der Waals surface area contributed by atoms with Gasteiger partial charge in [0, 0.05) is 12.0 Å². The van der Waals surface area contributed by atoms with Gasteiger partial charge in [-0.1, -0.05) is 23.3 Å². The monoisotopic (exact) mass is 370 g/mol. The van der Waals surface area contributed by atoms with E-state index in [0.717, 1.165) is 31.3 Å². The number of hydrogen-bond donors (Lipinski definition) is 3. The van der Waals surface area contributed by atoms with Crippen molar-refractivity contribution in [2.24, 2.45) is 0 Å². The van der Waals surface area contributed by atoms with Gasteiger partial charge >= 0.3 is 5.97 Å². The van der Waals surface area contributed by atoms with Crippen molar-refractivity contribution < 1.29 is 20.1 Å². The molecule has 0 fully saturated rings. The maximum atomic E-state index is 11.7. The summed E-state index contributed by atoms with van der Waals surface area (Å²) in [7, 11) is 0. The van der Waals surface area contributed by atoms with Gasteiger partial charge < -0.3 is 15.3 Å². The zero-order valence-electron chi connectivity index (χ0n) is 16.5. The Hall–Kier alpha value is -2.67. The fourth-order valence-electron chi connectivity index (χ4n) is 2.85. The minimum absolute atomic E-state index is 0.0330. The van der Waals surface area contributed by atoms with Crippen LogP contribution < -0.4 is 0 Å². The minimum Gasteiger partial charge on any atom is -0.504 e. The third kappa shape index (κ3) is 7.22. The van der Waals surface area contributed by atoms with E-state index in [9.17, 15) is 20.1 Å². The van der Waals surface area contributed by atoms with Gasteiger partial charge in [-0.05, 0) is 70.9 Å². The molecule has 0 atom stereocenters. The van der Waals surface area contributed by atoms with Crippen molar-refractivity contribution in [1.82, 2.24) is 0 Å². The van der Waals surface area contributed by atoms with Crippen LogP contribution in [-0.2, 0) is 12.8 Å². The van der Waals surface area contributed by atoms with Crippen molar-refractivity contribution in [3.05, 3.63) is 46.1 Å². The molecule has 3 N–H and O–H groups in total. The molecule has 0 aliphatic rings. The standard InChI is InChI=1S/C23H30O4/c1-5-6-7-8-12-18-15-20(23(26)27)19(22(25)21(18)24)14-13-17(4)11-9-10-16(2)3/h1,10,13,15,24-25H,6-9,11-12,14H2,2-4H3,(H,26,27)/b17-13+. The highest BCUT2D eigenvalue weighted by Crippen LogP contribution is 2.37. The molecule has 1 aromatic rings. The van der Waals surface area contributed by atoms with Crippen LogP contribution in [0, 0.1) is 12.3 Å². The van der Waals surface area contributed by atoms with E-state index in [-0.39, 0.29) is 29.0 Å². The maximum absolute atomic E-state index is 11.7. The second-order valence-electron chi connectivity index (χ2n) is 7.05. The Kier molecular flexibility index (Phi) is 9.22. The predicted molar refractivity (Wildman–Crippen MR) is 109 cm³/mol. The van der Waals surface area contributed by atoms with Gasteiger partial charge in [0.25, 0.3) is 0 Å². The molecule has 0 bridgehead atoms. The smallest absolute Gasteiger partial charge is 0.336 e. The number of benzene rings is 1. The van der Waals surface area contributed by atoms with Gasteiger partial charge in [0.1, 0.15) is 0 Å². The number of phenols is 2. The van der Waals surface area contributed by atoms with Crippen molar-refractivity contribution in [2.45, 2.75) is 65.7 Å². The van der Waals surface area contributed by atoms with Crippen LogP contribution in [0.5, 0.6) is 11.5 Å². The first kappa shape index (κ1) is 22.4. The largest absolute Gasteiger partial charge is 0.504 e. The normalized spacial score (nSPS) is 11.1. The second kappa shape index (κ2) is 11.1. The zero-order chi connectivity index (χ0) is 20.4. The van der Waals surface area contributed by atoms with Crippen LogP contribution in [0.1, 0.15) is 74.4 Å². The zero-order valence-corrected chi connectivity index (χ0v) is 16.5. The molecule has 0 radical (unpaired) electrons. The number of aromatic carboxylic acids is 1. The van der Waals surface area contributed by atoms with Crippen molar-refractivity contribution in [1.29, 1.82) is 0 Å². The number of rotatable bonds is 10. The summed E-state index contributed by atoms with van der Waals surface area (Å²) < 4.78 is 0. The molecule has 0 unspecified atom stereocenters. The fraction of sp³-hybridized carbons (Fsp3) is 0.435. The molecule has 0 spiro atoms. The molecule has 1 aromatic carbocycles. The number of phenolic OH excluding ortho intramolecular Hbond substituents is 2. The quantitative estimate of drug-likeness (QED) is 0.224. The molecule has 4 heteroatoms. The lowest BCUT2D eigenvalue weighted by atomic mass is 9.95. The van der Waals surface area contributed by atoms with E-state index in [4.69, 9.17) is 6.42 Å². The van der Waals surface area contributed by atoms with E-state index in [2.05, 4.69) is 12.0 Å². The molecule has 0 aliphatic carbocycles. The summed E-state index contributed by atoms with van der Waals surface area (Å²) in [6.07, 6.45) is 13.9. The lowest BCUT2D eigenvalue weighted by Crippen LogP contribution is -2.05. The number of allylic oxidation sites excluding steroid dienone is 4. The van der Waals surface area contributed by atoms with Crippen molar-refractivity contribution >= 4 is 5.97 Å². The van der Waals surface area contributed by atoms with Gasteiger partial charge in [-0.15, -0.1) is 12.3 Å². The van der Waals surface area contributed by atoms with E-state index >= 15 is 0 Å². The van der Waals surface area contributed by atoms with Gasteiger partial charge in [-0.3, -0.25) is 0 Å². The predicted octanol–water partition coefficient (Wildman–Crippen LogP) is 5.38. The number of aromatic hydroxyl groups is 2. The summed E-state index contributed by atoms with van der Waals surface area (Å²) in [5.41, 5.74) is 3.09.